The number of aromatic hydroxyl groups is 1. The molecule has 0 heterocycles. The molecule has 2 rings (SSSR count). The van der Waals surface area contributed by atoms with Gasteiger partial charge in [0.2, 0.25) is 5.43 Å². The van der Waals surface area contributed by atoms with Crippen LogP contribution in [0.4, 0.5) is 11.4 Å². The van der Waals surface area contributed by atoms with Crippen LogP contribution in [0, 0.1) is 10.5 Å². The molecule has 1 N–H and O–H groups in total. The predicted octanol–water partition coefficient (Wildman–Crippen LogP) is 4.64. The van der Waals surface area contributed by atoms with Crippen molar-refractivity contribution in [1.29, 1.82) is 0 Å². The van der Waals surface area contributed by atoms with Gasteiger partial charge in [-0.2, -0.15) is 10.2 Å². The van der Waals surface area contributed by atoms with E-state index >= 15 is 0 Å². The van der Waals surface area contributed by atoms with Crippen molar-refractivity contribution >= 4 is 34.0 Å². The van der Waals surface area contributed by atoms with E-state index in [1.54, 1.807) is 6.07 Å². The summed E-state index contributed by atoms with van der Waals surface area (Å²) in [4.78, 5) is 11.8. The molecule has 0 fully saturated rings. The molecule has 0 aliphatic rings. The maximum absolute atomic E-state index is 11.8. The number of aryl methyl sites for hydroxylation is 2. The van der Waals surface area contributed by atoms with Gasteiger partial charge in [0.1, 0.15) is 0 Å². The molecule has 2 aromatic carbocycles. The Morgan fingerprint density at radius 3 is 2.43 bits per heavy atom. The van der Waals surface area contributed by atoms with E-state index < -0.39 is 5.43 Å². The van der Waals surface area contributed by atoms with Crippen molar-refractivity contribution in [2.45, 2.75) is 20.3 Å². The van der Waals surface area contributed by atoms with Crippen LogP contribution in [0.15, 0.2) is 51.4 Å². The van der Waals surface area contributed by atoms with E-state index in [2.05, 4.69) is 10.2 Å². The van der Waals surface area contributed by atoms with E-state index in [1.165, 1.54) is 6.07 Å². The SMILES string of the molecule is CCc1cc(=O)c(O)c(I)cc1N=Nc1ccc(C)cc1. The largest absolute Gasteiger partial charge is 0.503 e. The molecule has 0 atom stereocenters. The minimum absolute atomic E-state index is 0.248. The van der Waals surface area contributed by atoms with E-state index in [0.29, 0.717) is 15.7 Å². The quantitative estimate of drug-likeness (QED) is 0.609. The van der Waals surface area contributed by atoms with Crippen LogP contribution in [0.25, 0.3) is 0 Å². The molecule has 0 saturated carbocycles. The second kappa shape index (κ2) is 6.80. The van der Waals surface area contributed by atoms with Crippen molar-refractivity contribution in [2.75, 3.05) is 0 Å². The summed E-state index contributed by atoms with van der Waals surface area (Å²) in [6.45, 7) is 3.94. The maximum Gasteiger partial charge on any atom is 0.221 e. The average Bonchev–Trinajstić information content (AvgIpc) is 2.58. The van der Waals surface area contributed by atoms with Gasteiger partial charge in [-0.1, -0.05) is 24.6 Å². The molecule has 0 unspecified atom stereocenters. The summed E-state index contributed by atoms with van der Waals surface area (Å²) < 4.78 is 0.468. The zero-order valence-electron chi connectivity index (χ0n) is 11.8. The Morgan fingerprint density at radius 2 is 1.81 bits per heavy atom. The molecule has 0 saturated heterocycles. The molecule has 4 nitrogen and oxygen atoms in total. The van der Waals surface area contributed by atoms with Gasteiger partial charge in [-0.25, -0.2) is 0 Å². The van der Waals surface area contributed by atoms with Crippen LogP contribution in [0.5, 0.6) is 5.75 Å². The van der Waals surface area contributed by atoms with Crippen LogP contribution in [0.3, 0.4) is 0 Å². The fourth-order valence-corrected chi connectivity index (χ4v) is 2.36. The molecule has 0 radical (unpaired) electrons. The van der Waals surface area contributed by atoms with Crippen LogP contribution in [0.2, 0.25) is 0 Å². The standard InChI is InChI=1S/C16H15IN2O2/c1-3-11-8-15(20)16(21)13(17)9-14(11)19-18-12-6-4-10(2)5-7-12/h4-9H,3H2,1-2H3,(H,20,21). The number of hydrogen-bond donors (Lipinski definition) is 1. The Kier molecular flexibility index (Phi) is 5.06. The highest BCUT2D eigenvalue weighted by Gasteiger charge is 2.07. The van der Waals surface area contributed by atoms with Gasteiger partial charge in [0, 0.05) is 0 Å². The van der Waals surface area contributed by atoms with E-state index in [-0.39, 0.29) is 5.75 Å². The first kappa shape index (κ1) is 15.6. The number of hydrogen-bond acceptors (Lipinski definition) is 4. The van der Waals surface area contributed by atoms with Gasteiger partial charge < -0.3 is 5.11 Å². The molecule has 0 bridgehead atoms. The Balaban J connectivity index is 2.48. The maximum atomic E-state index is 11.8. The van der Waals surface area contributed by atoms with E-state index in [9.17, 15) is 9.90 Å². The molecular formula is C16H15IN2O2. The number of benzene rings is 1. The lowest BCUT2D eigenvalue weighted by atomic mass is 10.2. The number of halogens is 1. The van der Waals surface area contributed by atoms with Crippen molar-refractivity contribution in [3.63, 3.8) is 0 Å². The molecule has 21 heavy (non-hydrogen) atoms. The lowest BCUT2D eigenvalue weighted by molar-refractivity contribution is 0.467. The van der Waals surface area contributed by atoms with Gasteiger partial charge in [-0.15, -0.1) is 0 Å². The monoisotopic (exact) mass is 394 g/mol. The molecule has 0 amide bonds. The third-order valence-electron chi connectivity index (χ3n) is 3.05. The summed E-state index contributed by atoms with van der Waals surface area (Å²) in [6, 6.07) is 10.8. The van der Waals surface area contributed by atoms with Gasteiger partial charge in [-0.05, 0) is 65.8 Å². The summed E-state index contributed by atoms with van der Waals surface area (Å²) in [6.07, 6.45) is 0.641. The summed E-state index contributed by atoms with van der Waals surface area (Å²) in [7, 11) is 0. The Morgan fingerprint density at radius 1 is 1.14 bits per heavy atom. The molecule has 0 aliphatic carbocycles. The number of nitrogens with zero attached hydrogens (tertiary/aromatic N) is 2. The number of rotatable bonds is 3. The highest BCUT2D eigenvalue weighted by Crippen LogP contribution is 2.26. The lowest BCUT2D eigenvalue weighted by Gasteiger charge is -1.97. The topological polar surface area (TPSA) is 62.0 Å². The zero-order chi connectivity index (χ0) is 15.4. The van der Waals surface area contributed by atoms with E-state index in [1.807, 2.05) is 60.7 Å². The number of azo groups is 1. The molecule has 5 heteroatoms. The summed E-state index contributed by atoms with van der Waals surface area (Å²) in [5, 5.41) is 18.2. The van der Waals surface area contributed by atoms with Crippen molar-refractivity contribution in [3.8, 4) is 5.75 Å². The van der Waals surface area contributed by atoms with Gasteiger partial charge >= 0.3 is 0 Å². The van der Waals surface area contributed by atoms with Crippen molar-refractivity contribution < 1.29 is 5.11 Å². The smallest absolute Gasteiger partial charge is 0.221 e. The van der Waals surface area contributed by atoms with E-state index in [0.717, 1.165) is 16.8 Å². The fraction of sp³-hybridized carbons (Fsp3) is 0.188. The van der Waals surface area contributed by atoms with Crippen LogP contribution in [0.1, 0.15) is 18.1 Å². The minimum Gasteiger partial charge on any atom is -0.503 e. The zero-order valence-corrected chi connectivity index (χ0v) is 14.0. The Labute approximate surface area is 136 Å². The van der Waals surface area contributed by atoms with Crippen molar-refractivity contribution in [2.24, 2.45) is 10.2 Å². The van der Waals surface area contributed by atoms with Crippen LogP contribution in [-0.2, 0) is 6.42 Å². The van der Waals surface area contributed by atoms with Gasteiger partial charge in [0.05, 0.1) is 14.9 Å². The van der Waals surface area contributed by atoms with Crippen molar-refractivity contribution in [3.05, 3.63) is 61.3 Å². The molecule has 0 spiro atoms. The Bertz CT molecular complexity index is 740. The molecule has 0 aromatic heterocycles. The fourth-order valence-electron chi connectivity index (χ4n) is 1.80. The predicted molar refractivity (Wildman–Crippen MR) is 91.8 cm³/mol. The highest BCUT2D eigenvalue weighted by molar-refractivity contribution is 14.1. The molecule has 108 valence electrons. The molecule has 2 aromatic rings. The first-order valence-electron chi connectivity index (χ1n) is 6.55. The van der Waals surface area contributed by atoms with Crippen LogP contribution >= 0.6 is 22.6 Å². The minimum atomic E-state index is -0.395. The summed E-state index contributed by atoms with van der Waals surface area (Å²) in [5.41, 5.74) is 2.86. The van der Waals surface area contributed by atoms with Gasteiger partial charge in [0.15, 0.2) is 5.75 Å². The second-order valence-corrected chi connectivity index (χ2v) is 5.81. The highest BCUT2D eigenvalue weighted by atomic mass is 127. The second-order valence-electron chi connectivity index (χ2n) is 4.65. The third kappa shape index (κ3) is 3.87. The van der Waals surface area contributed by atoms with Gasteiger partial charge in [-0.3, -0.25) is 4.79 Å². The molecule has 0 aliphatic heterocycles. The average molecular weight is 394 g/mol. The molecular weight excluding hydrogens is 379 g/mol. The summed E-state index contributed by atoms with van der Waals surface area (Å²) in [5.74, 6) is -0.248. The third-order valence-corrected chi connectivity index (χ3v) is 3.87. The van der Waals surface area contributed by atoms with E-state index in [4.69, 9.17) is 0 Å². The Hall–Kier alpha value is -1.76. The van der Waals surface area contributed by atoms with Crippen LogP contribution < -0.4 is 5.43 Å². The first-order chi connectivity index (χ1) is 10.0. The van der Waals surface area contributed by atoms with Crippen molar-refractivity contribution in [1.82, 2.24) is 0 Å². The summed E-state index contributed by atoms with van der Waals surface area (Å²) >= 11 is 1.92. The van der Waals surface area contributed by atoms with Crippen LogP contribution in [-0.4, -0.2) is 5.11 Å². The first-order valence-corrected chi connectivity index (χ1v) is 7.63. The normalized spacial score (nSPS) is 11.0. The van der Waals surface area contributed by atoms with Gasteiger partial charge in [0.25, 0.3) is 0 Å². The lowest BCUT2D eigenvalue weighted by Crippen LogP contribution is -1.96.